The lowest BCUT2D eigenvalue weighted by atomic mass is 10.0. The Labute approximate surface area is 120 Å². The summed E-state index contributed by atoms with van der Waals surface area (Å²) < 4.78 is 2.27. The number of para-hydroxylation sites is 2. The van der Waals surface area contributed by atoms with Crippen LogP contribution in [0.4, 0.5) is 0 Å². The Morgan fingerprint density at radius 3 is 2.70 bits per heavy atom. The van der Waals surface area contributed by atoms with Gasteiger partial charge in [-0.1, -0.05) is 26.0 Å². The molecule has 1 unspecified atom stereocenters. The number of nitrogens with zero attached hydrogens (tertiary/aromatic N) is 2. The highest BCUT2D eigenvalue weighted by atomic mass is 16.3. The van der Waals surface area contributed by atoms with Gasteiger partial charge in [0.15, 0.2) is 0 Å². The molecule has 1 aromatic heterocycles. The van der Waals surface area contributed by atoms with Crippen LogP contribution in [-0.4, -0.2) is 26.8 Å². The third kappa shape index (κ3) is 3.02. The minimum Gasteiger partial charge on any atom is -0.394 e. The molecule has 0 saturated carbocycles. The number of imidazole rings is 1. The summed E-state index contributed by atoms with van der Waals surface area (Å²) in [5, 5.41) is 12.9. The molecule has 2 N–H and O–H groups in total. The number of aliphatic hydroxyl groups excluding tert-OH is 1. The van der Waals surface area contributed by atoms with Crippen molar-refractivity contribution in [1.82, 2.24) is 14.9 Å². The van der Waals surface area contributed by atoms with E-state index >= 15 is 0 Å². The number of hydrogen-bond donors (Lipinski definition) is 2. The van der Waals surface area contributed by atoms with Crippen molar-refractivity contribution in [3.63, 3.8) is 0 Å². The van der Waals surface area contributed by atoms with Crippen LogP contribution in [0.3, 0.4) is 0 Å². The Kier molecular flexibility index (Phi) is 4.78. The largest absolute Gasteiger partial charge is 0.394 e. The number of fused-ring (bicyclic) bond motifs is 1. The lowest BCUT2D eigenvalue weighted by molar-refractivity contribution is 0.167. The van der Waals surface area contributed by atoms with Crippen molar-refractivity contribution < 1.29 is 5.11 Å². The van der Waals surface area contributed by atoms with Gasteiger partial charge in [-0.25, -0.2) is 4.98 Å². The second-order valence-corrected chi connectivity index (χ2v) is 5.59. The van der Waals surface area contributed by atoms with Crippen LogP contribution in [0.15, 0.2) is 24.3 Å². The fraction of sp³-hybridized carbons (Fsp3) is 0.562. The van der Waals surface area contributed by atoms with Crippen molar-refractivity contribution in [1.29, 1.82) is 0 Å². The Balaban J connectivity index is 2.27. The van der Waals surface area contributed by atoms with Gasteiger partial charge in [-0.2, -0.15) is 0 Å². The number of aromatic nitrogens is 2. The SMILES string of the molecule is CCCn1c(CNC(C)(CC)CO)nc2ccccc21. The van der Waals surface area contributed by atoms with Gasteiger partial charge in [0.25, 0.3) is 0 Å². The van der Waals surface area contributed by atoms with Crippen LogP contribution < -0.4 is 5.32 Å². The molecule has 4 heteroatoms. The maximum atomic E-state index is 9.49. The van der Waals surface area contributed by atoms with Crippen LogP contribution in [0, 0.1) is 0 Å². The highest BCUT2D eigenvalue weighted by molar-refractivity contribution is 5.75. The molecule has 110 valence electrons. The zero-order valence-electron chi connectivity index (χ0n) is 12.7. The number of hydrogen-bond acceptors (Lipinski definition) is 3. The molecule has 20 heavy (non-hydrogen) atoms. The second-order valence-electron chi connectivity index (χ2n) is 5.59. The van der Waals surface area contributed by atoms with Gasteiger partial charge in [0.05, 0.1) is 24.2 Å². The standard InChI is InChI=1S/C16H25N3O/c1-4-10-19-14-9-7-6-8-13(14)18-15(19)11-17-16(3,5-2)12-20/h6-9,17,20H,4-5,10-12H2,1-3H3. The smallest absolute Gasteiger partial charge is 0.123 e. The summed E-state index contributed by atoms with van der Waals surface area (Å²) in [6, 6.07) is 8.24. The van der Waals surface area contributed by atoms with Gasteiger partial charge in [-0.15, -0.1) is 0 Å². The normalized spacial score (nSPS) is 14.6. The first-order chi connectivity index (χ1) is 9.63. The molecule has 0 fully saturated rings. The maximum absolute atomic E-state index is 9.49. The van der Waals surface area contributed by atoms with E-state index in [9.17, 15) is 5.11 Å². The number of aryl methyl sites for hydroxylation is 1. The van der Waals surface area contributed by atoms with E-state index < -0.39 is 0 Å². The van der Waals surface area contributed by atoms with E-state index in [2.05, 4.69) is 41.9 Å². The van der Waals surface area contributed by atoms with Crippen LogP contribution in [0.25, 0.3) is 11.0 Å². The number of nitrogens with one attached hydrogen (secondary N) is 1. The Hall–Kier alpha value is -1.39. The van der Waals surface area contributed by atoms with Gasteiger partial charge >= 0.3 is 0 Å². The molecule has 0 aliphatic rings. The average Bonchev–Trinajstić information content (AvgIpc) is 2.83. The molecule has 1 atom stereocenters. The molecule has 1 aromatic carbocycles. The van der Waals surface area contributed by atoms with Crippen LogP contribution in [0.1, 0.15) is 39.4 Å². The third-order valence-corrected chi connectivity index (χ3v) is 3.98. The van der Waals surface area contributed by atoms with Gasteiger partial charge in [0.2, 0.25) is 0 Å². The number of aliphatic hydroxyl groups is 1. The zero-order chi connectivity index (χ0) is 14.6. The summed E-state index contributed by atoms with van der Waals surface area (Å²) in [6.45, 7) is 8.09. The molecule has 0 aliphatic heterocycles. The Morgan fingerprint density at radius 1 is 1.30 bits per heavy atom. The van der Waals surface area contributed by atoms with Crippen LogP contribution in [0.5, 0.6) is 0 Å². The van der Waals surface area contributed by atoms with E-state index in [0.29, 0.717) is 6.54 Å². The van der Waals surface area contributed by atoms with E-state index in [1.165, 1.54) is 5.52 Å². The predicted molar refractivity (Wildman–Crippen MR) is 82.6 cm³/mol. The van der Waals surface area contributed by atoms with Crippen LogP contribution >= 0.6 is 0 Å². The molecule has 0 aliphatic carbocycles. The van der Waals surface area contributed by atoms with Gasteiger partial charge in [0.1, 0.15) is 5.82 Å². The summed E-state index contributed by atoms with van der Waals surface area (Å²) >= 11 is 0. The molecule has 1 heterocycles. The van der Waals surface area contributed by atoms with Gasteiger partial charge in [0, 0.05) is 12.1 Å². The first kappa shape index (κ1) is 15.0. The molecule has 2 rings (SSSR count). The first-order valence-electron chi connectivity index (χ1n) is 7.43. The molecule has 2 aromatic rings. The molecule has 0 saturated heterocycles. The molecular formula is C16H25N3O. The van der Waals surface area contributed by atoms with Crippen molar-refractivity contribution in [3.05, 3.63) is 30.1 Å². The van der Waals surface area contributed by atoms with Gasteiger partial charge < -0.3 is 15.0 Å². The van der Waals surface area contributed by atoms with E-state index in [4.69, 9.17) is 4.98 Å². The minimum atomic E-state index is -0.241. The molecule has 0 radical (unpaired) electrons. The topological polar surface area (TPSA) is 50.1 Å². The summed E-state index contributed by atoms with van der Waals surface area (Å²) in [6.07, 6.45) is 1.97. The van der Waals surface area contributed by atoms with Crippen molar-refractivity contribution in [3.8, 4) is 0 Å². The van der Waals surface area contributed by atoms with Crippen molar-refractivity contribution in [2.75, 3.05) is 6.61 Å². The summed E-state index contributed by atoms with van der Waals surface area (Å²) in [5.74, 6) is 1.04. The highest BCUT2D eigenvalue weighted by Gasteiger charge is 2.21. The van der Waals surface area contributed by atoms with Crippen LogP contribution in [0.2, 0.25) is 0 Å². The molecule has 0 spiro atoms. The van der Waals surface area contributed by atoms with E-state index in [-0.39, 0.29) is 12.1 Å². The van der Waals surface area contributed by atoms with Crippen molar-refractivity contribution in [2.45, 2.75) is 52.2 Å². The molecular weight excluding hydrogens is 250 g/mol. The molecule has 0 amide bonds. The first-order valence-corrected chi connectivity index (χ1v) is 7.43. The fourth-order valence-corrected chi connectivity index (χ4v) is 2.32. The predicted octanol–water partition coefficient (Wildman–Crippen LogP) is 2.70. The minimum absolute atomic E-state index is 0.136. The quantitative estimate of drug-likeness (QED) is 0.817. The summed E-state index contributed by atoms with van der Waals surface area (Å²) in [7, 11) is 0. The van der Waals surface area contributed by atoms with E-state index in [0.717, 1.165) is 30.7 Å². The maximum Gasteiger partial charge on any atom is 0.123 e. The zero-order valence-corrected chi connectivity index (χ0v) is 12.7. The number of benzene rings is 1. The van der Waals surface area contributed by atoms with Crippen molar-refractivity contribution in [2.24, 2.45) is 0 Å². The monoisotopic (exact) mass is 275 g/mol. The van der Waals surface area contributed by atoms with E-state index in [1.807, 2.05) is 13.0 Å². The van der Waals surface area contributed by atoms with E-state index in [1.54, 1.807) is 0 Å². The lowest BCUT2D eigenvalue weighted by Gasteiger charge is -2.27. The summed E-state index contributed by atoms with van der Waals surface area (Å²) in [4.78, 5) is 4.72. The van der Waals surface area contributed by atoms with Gasteiger partial charge in [-0.05, 0) is 31.9 Å². The second kappa shape index (κ2) is 6.37. The highest BCUT2D eigenvalue weighted by Crippen LogP contribution is 2.17. The average molecular weight is 275 g/mol. The van der Waals surface area contributed by atoms with Gasteiger partial charge in [-0.3, -0.25) is 0 Å². The fourth-order valence-electron chi connectivity index (χ4n) is 2.32. The number of rotatable bonds is 7. The lowest BCUT2D eigenvalue weighted by Crippen LogP contribution is -2.45. The summed E-state index contributed by atoms with van der Waals surface area (Å²) in [5.41, 5.74) is 1.99. The Morgan fingerprint density at radius 2 is 2.05 bits per heavy atom. The third-order valence-electron chi connectivity index (χ3n) is 3.98. The van der Waals surface area contributed by atoms with Crippen molar-refractivity contribution >= 4 is 11.0 Å². The molecule has 0 bridgehead atoms. The molecule has 4 nitrogen and oxygen atoms in total. The van der Waals surface area contributed by atoms with Crippen LogP contribution in [-0.2, 0) is 13.1 Å². The Bertz CT molecular complexity index is 558.